The van der Waals surface area contributed by atoms with Gasteiger partial charge in [-0.25, -0.2) is 4.79 Å². The van der Waals surface area contributed by atoms with Crippen molar-refractivity contribution in [2.75, 3.05) is 14.2 Å². The summed E-state index contributed by atoms with van der Waals surface area (Å²) in [5, 5.41) is 0.836. The fourth-order valence-electron chi connectivity index (χ4n) is 2.90. The first kappa shape index (κ1) is 18.8. The lowest BCUT2D eigenvalue weighted by molar-refractivity contribution is -0.0498. The van der Waals surface area contributed by atoms with Gasteiger partial charge >= 0.3 is 12.2 Å². The molecule has 0 saturated heterocycles. The molecule has 0 N–H and O–H groups in total. The van der Waals surface area contributed by atoms with Crippen LogP contribution >= 0.6 is 0 Å². The van der Waals surface area contributed by atoms with Crippen LogP contribution in [-0.4, -0.2) is 25.7 Å². The van der Waals surface area contributed by atoms with Gasteiger partial charge in [-0.3, -0.25) is 4.90 Å². The molecule has 0 spiro atoms. The van der Waals surface area contributed by atoms with E-state index >= 15 is 0 Å². The van der Waals surface area contributed by atoms with E-state index in [2.05, 4.69) is 4.74 Å². The second-order valence-corrected chi connectivity index (χ2v) is 6.15. The maximum absolute atomic E-state index is 12.2. The lowest BCUT2D eigenvalue weighted by Crippen LogP contribution is -2.18. The van der Waals surface area contributed by atoms with Gasteiger partial charge in [0.2, 0.25) is 0 Å². The number of hydrogen-bond acceptors (Lipinski definition) is 5. The molecule has 0 radical (unpaired) electrons. The predicted molar refractivity (Wildman–Crippen MR) is 97.3 cm³/mol. The Kier molecular flexibility index (Phi) is 5.71. The van der Waals surface area contributed by atoms with Gasteiger partial charge in [-0.1, -0.05) is 12.1 Å². The second-order valence-electron chi connectivity index (χ2n) is 6.15. The molecule has 0 saturated carbocycles. The molecule has 1 aromatic heterocycles. The van der Waals surface area contributed by atoms with E-state index in [9.17, 15) is 13.6 Å². The molecule has 0 atom stereocenters. The topological polar surface area (TPSA) is 51.9 Å². The minimum Gasteiger partial charge on any atom is -0.497 e. The zero-order valence-corrected chi connectivity index (χ0v) is 14.9. The molecular weight excluding hydrogens is 356 g/mol. The van der Waals surface area contributed by atoms with Crippen molar-refractivity contribution >= 4 is 11.0 Å². The third-order valence-electron chi connectivity index (χ3n) is 4.08. The minimum absolute atomic E-state index is 0.122. The summed E-state index contributed by atoms with van der Waals surface area (Å²) in [7, 11) is 3.46. The molecule has 5 nitrogen and oxygen atoms in total. The molecule has 0 aliphatic heterocycles. The van der Waals surface area contributed by atoms with Crippen LogP contribution in [0.2, 0.25) is 0 Å². The van der Waals surface area contributed by atoms with E-state index in [1.807, 2.05) is 24.1 Å². The van der Waals surface area contributed by atoms with Crippen molar-refractivity contribution in [2.45, 2.75) is 19.7 Å². The molecule has 2 aromatic carbocycles. The van der Waals surface area contributed by atoms with E-state index < -0.39 is 12.2 Å². The average molecular weight is 375 g/mol. The summed E-state index contributed by atoms with van der Waals surface area (Å²) in [5.74, 6) is 0.735. The van der Waals surface area contributed by atoms with E-state index in [-0.39, 0.29) is 5.75 Å². The maximum Gasteiger partial charge on any atom is 0.387 e. The number of nitrogens with zero attached hydrogens (tertiary/aromatic N) is 1. The molecule has 27 heavy (non-hydrogen) atoms. The number of benzene rings is 2. The molecule has 3 rings (SSSR count). The fraction of sp³-hybridized carbons (Fsp3) is 0.250. The monoisotopic (exact) mass is 375 g/mol. The van der Waals surface area contributed by atoms with Crippen LogP contribution in [0.5, 0.6) is 11.5 Å². The number of methoxy groups -OCH3 is 1. The Balaban J connectivity index is 1.75. The van der Waals surface area contributed by atoms with Gasteiger partial charge in [-0.15, -0.1) is 0 Å². The van der Waals surface area contributed by atoms with Gasteiger partial charge in [0.25, 0.3) is 0 Å². The van der Waals surface area contributed by atoms with Crippen LogP contribution in [0.3, 0.4) is 0 Å². The lowest BCUT2D eigenvalue weighted by Gasteiger charge is -2.18. The SMILES string of the molecule is COc1ccc2c(CN(C)Cc3ccc(OC(F)F)cc3)cc(=O)oc2c1. The summed E-state index contributed by atoms with van der Waals surface area (Å²) in [5.41, 5.74) is 1.82. The van der Waals surface area contributed by atoms with Gasteiger partial charge in [0.15, 0.2) is 0 Å². The van der Waals surface area contributed by atoms with E-state index in [4.69, 9.17) is 9.15 Å². The molecule has 1 heterocycles. The minimum atomic E-state index is -2.84. The number of hydrogen-bond donors (Lipinski definition) is 0. The van der Waals surface area contributed by atoms with Crippen LogP contribution in [0.4, 0.5) is 8.78 Å². The van der Waals surface area contributed by atoms with Crippen LogP contribution in [-0.2, 0) is 13.1 Å². The Hall–Kier alpha value is -2.93. The summed E-state index contributed by atoms with van der Waals surface area (Å²) < 4.78 is 39.2. The zero-order valence-electron chi connectivity index (χ0n) is 14.9. The lowest BCUT2D eigenvalue weighted by atomic mass is 10.1. The summed E-state index contributed by atoms with van der Waals surface area (Å²) in [6.45, 7) is -1.74. The Labute approximate surface area is 154 Å². The van der Waals surface area contributed by atoms with Crippen LogP contribution < -0.4 is 15.1 Å². The number of halogens is 2. The number of fused-ring (bicyclic) bond motifs is 1. The van der Waals surface area contributed by atoms with Crippen LogP contribution in [0.25, 0.3) is 11.0 Å². The highest BCUT2D eigenvalue weighted by Gasteiger charge is 2.10. The number of ether oxygens (including phenoxy) is 2. The van der Waals surface area contributed by atoms with Crippen LogP contribution in [0, 0.1) is 0 Å². The first-order chi connectivity index (χ1) is 12.9. The zero-order chi connectivity index (χ0) is 19.4. The Bertz CT molecular complexity index is 970. The summed E-state index contributed by atoms with van der Waals surface area (Å²) in [6, 6.07) is 13.3. The third kappa shape index (κ3) is 4.83. The van der Waals surface area contributed by atoms with Gasteiger partial charge in [0.1, 0.15) is 17.1 Å². The molecule has 7 heteroatoms. The summed E-state index contributed by atoms with van der Waals surface area (Å²) in [6.07, 6.45) is 0. The standard InChI is InChI=1S/C20H19F2NO4/c1-23(11-13-3-5-15(6-4-13)26-20(21)22)12-14-9-19(24)27-18-10-16(25-2)7-8-17(14)18/h3-10,20H,11-12H2,1-2H3. The highest BCUT2D eigenvalue weighted by molar-refractivity contribution is 5.81. The van der Waals surface area contributed by atoms with Crippen molar-refractivity contribution in [1.82, 2.24) is 4.90 Å². The Morgan fingerprint density at radius 2 is 1.74 bits per heavy atom. The van der Waals surface area contributed by atoms with Gasteiger partial charge in [0, 0.05) is 30.6 Å². The van der Waals surface area contributed by atoms with Gasteiger partial charge in [-0.2, -0.15) is 8.78 Å². The van der Waals surface area contributed by atoms with Gasteiger partial charge in [-0.05, 0) is 42.4 Å². The quantitative estimate of drug-likeness (QED) is 0.584. The van der Waals surface area contributed by atoms with E-state index in [1.165, 1.54) is 18.2 Å². The normalized spacial score (nSPS) is 11.3. The molecule has 3 aromatic rings. The van der Waals surface area contributed by atoms with Crippen molar-refractivity contribution < 1.29 is 22.7 Å². The average Bonchev–Trinajstić information content (AvgIpc) is 2.62. The van der Waals surface area contributed by atoms with Crippen LogP contribution in [0.1, 0.15) is 11.1 Å². The molecule has 0 bridgehead atoms. The largest absolute Gasteiger partial charge is 0.497 e. The molecule has 0 amide bonds. The van der Waals surface area contributed by atoms with E-state index in [1.54, 1.807) is 25.3 Å². The highest BCUT2D eigenvalue weighted by Crippen LogP contribution is 2.24. The van der Waals surface area contributed by atoms with Crippen molar-refractivity contribution in [3.05, 3.63) is 70.1 Å². The Morgan fingerprint density at radius 3 is 2.41 bits per heavy atom. The number of rotatable bonds is 7. The molecule has 0 aliphatic carbocycles. The fourth-order valence-corrected chi connectivity index (χ4v) is 2.90. The first-order valence-corrected chi connectivity index (χ1v) is 8.27. The molecular formula is C20H19F2NO4. The molecule has 0 fully saturated rings. The second kappa shape index (κ2) is 8.18. The summed E-state index contributed by atoms with van der Waals surface area (Å²) >= 11 is 0. The molecule has 0 unspecified atom stereocenters. The summed E-state index contributed by atoms with van der Waals surface area (Å²) in [4.78, 5) is 13.9. The van der Waals surface area contributed by atoms with Gasteiger partial charge in [0.05, 0.1) is 7.11 Å². The van der Waals surface area contributed by atoms with E-state index in [0.717, 1.165) is 16.5 Å². The third-order valence-corrected chi connectivity index (χ3v) is 4.08. The van der Waals surface area contributed by atoms with E-state index in [0.29, 0.717) is 24.4 Å². The van der Waals surface area contributed by atoms with Crippen molar-refractivity contribution in [3.8, 4) is 11.5 Å². The highest BCUT2D eigenvalue weighted by atomic mass is 19.3. The van der Waals surface area contributed by atoms with Gasteiger partial charge < -0.3 is 13.9 Å². The Morgan fingerprint density at radius 1 is 1.04 bits per heavy atom. The van der Waals surface area contributed by atoms with Crippen LogP contribution in [0.15, 0.2) is 57.7 Å². The van der Waals surface area contributed by atoms with Crippen molar-refractivity contribution in [2.24, 2.45) is 0 Å². The number of alkyl halides is 2. The predicted octanol–water partition coefficient (Wildman–Crippen LogP) is 4.04. The maximum atomic E-state index is 12.2. The molecule has 142 valence electrons. The molecule has 0 aliphatic rings. The van der Waals surface area contributed by atoms with Crippen molar-refractivity contribution in [1.29, 1.82) is 0 Å². The smallest absolute Gasteiger partial charge is 0.387 e. The first-order valence-electron chi connectivity index (χ1n) is 8.27. The van der Waals surface area contributed by atoms with Crippen molar-refractivity contribution in [3.63, 3.8) is 0 Å².